The minimum atomic E-state index is -1.02. The number of aliphatic hydroxyl groups excluding tert-OH is 1. The van der Waals surface area contributed by atoms with E-state index in [2.05, 4.69) is 5.32 Å². The molecule has 1 aromatic carbocycles. The molecule has 1 aliphatic rings. The van der Waals surface area contributed by atoms with E-state index in [9.17, 15) is 14.7 Å². The predicted octanol–water partition coefficient (Wildman–Crippen LogP) is 2.43. The molecule has 2 rings (SSSR count). The number of aliphatic hydroxyl groups is 1. The van der Waals surface area contributed by atoms with Gasteiger partial charge < -0.3 is 19.9 Å². The van der Waals surface area contributed by atoms with E-state index in [0.717, 1.165) is 10.5 Å². The first-order valence-electron chi connectivity index (χ1n) is 8.98. The third-order valence-electron chi connectivity index (χ3n) is 4.83. The number of nitrogens with zero attached hydrogens (tertiary/aromatic N) is 1. The van der Waals surface area contributed by atoms with Gasteiger partial charge in [-0.25, -0.2) is 4.79 Å². The molecule has 2 N–H and O–H groups in total. The number of urea groups is 1. The zero-order valence-electron chi connectivity index (χ0n) is 16.5. The van der Waals surface area contributed by atoms with Crippen LogP contribution in [0.1, 0.15) is 33.3 Å². The molecule has 0 bridgehead atoms. The van der Waals surface area contributed by atoms with Gasteiger partial charge in [-0.1, -0.05) is 32.1 Å². The number of imide groups is 1. The second-order valence-corrected chi connectivity index (χ2v) is 7.08. The van der Waals surface area contributed by atoms with Gasteiger partial charge in [-0.05, 0) is 37.5 Å². The summed E-state index contributed by atoms with van der Waals surface area (Å²) >= 11 is 0. The van der Waals surface area contributed by atoms with Gasteiger partial charge in [0.15, 0.2) is 11.5 Å². The average molecular weight is 376 g/mol. The zero-order chi connectivity index (χ0) is 20.2. The van der Waals surface area contributed by atoms with E-state index in [1.807, 2.05) is 45.1 Å². The van der Waals surface area contributed by atoms with Gasteiger partial charge in [0.2, 0.25) is 0 Å². The fourth-order valence-corrected chi connectivity index (χ4v) is 2.82. The van der Waals surface area contributed by atoms with Crippen molar-refractivity contribution in [2.24, 2.45) is 5.92 Å². The van der Waals surface area contributed by atoms with Crippen LogP contribution in [0.3, 0.4) is 0 Å². The summed E-state index contributed by atoms with van der Waals surface area (Å²) in [6.45, 7) is 7.14. The number of carbonyl (C=O) groups is 2. The molecule has 1 aromatic rings. The first-order valence-corrected chi connectivity index (χ1v) is 8.98. The van der Waals surface area contributed by atoms with Gasteiger partial charge in [0.1, 0.15) is 18.2 Å². The molecule has 7 nitrogen and oxygen atoms in total. The minimum Gasteiger partial charge on any atom is -0.493 e. The van der Waals surface area contributed by atoms with Crippen LogP contribution < -0.4 is 14.8 Å². The van der Waals surface area contributed by atoms with Gasteiger partial charge >= 0.3 is 6.03 Å². The number of β-amino-alcohol motifs (C(OH)–C–C–N with tert-alkyl or cyclic N) is 1. The highest BCUT2D eigenvalue weighted by Crippen LogP contribution is 2.29. The molecular weight excluding hydrogens is 348 g/mol. The van der Waals surface area contributed by atoms with Gasteiger partial charge in [0, 0.05) is 0 Å². The maximum absolute atomic E-state index is 12.6. The molecule has 1 saturated heterocycles. The van der Waals surface area contributed by atoms with Crippen LogP contribution in [0.2, 0.25) is 0 Å². The molecule has 0 unspecified atom stereocenters. The lowest BCUT2D eigenvalue weighted by molar-refractivity contribution is -0.133. The van der Waals surface area contributed by atoms with Crippen LogP contribution in [-0.2, 0) is 4.79 Å². The minimum absolute atomic E-state index is 0.0627. The van der Waals surface area contributed by atoms with E-state index in [1.54, 1.807) is 13.0 Å². The number of hydrogen-bond acceptors (Lipinski definition) is 5. The maximum atomic E-state index is 12.6. The van der Waals surface area contributed by atoms with E-state index in [4.69, 9.17) is 9.47 Å². The summed E-state index contributed by atoms with van der Waals surface area (Å²) in [4.78, 5) is 25.7. The summed E-state index contributed by atoms with van der Waals surface area (Å²) in [7, 11) is 1.54. The Labute approximate surface area is 159 Å². The molecule has 1 aliphatic heterocycles. The molecule has 2 atom stereocenters. The summed E-state index contributed by atoms with van der Waals surface area (Å²) in [5, 5.41) is 13.0. The Morgan fingerprint density at radius 3 is 2.56 bits per heavy atom. The summed E-state index contributed by atoms with van der Waals surface area (Å²) in [5.41, 5.74) is 0.0123. The lowest BCUT2D eigenvalue weighted by atomic mass is 9.88. The van der Waals surface area contributed by atoms with Crippen molar-refractivity contribution < 1.29 is 24.2 Å². The number of methoxy groups -OCH3 is 1. The van der Waals surface area contributed by atoms with E-state index < -0.39 is 17.7 Å². The molecule has 27 heavy (non-hydrogen) atoms. The molecule has 0 aliphatic carbocycles. The van der Waals surface area contributed by atoms with Crippen molar-refractivity contribution in [1.82, 2.24) is 10.2 Å². The number of carbonyl (C=O) groups excluding carboxylic acids is 2. The first kappa shape index (κ1) is 20.8. The van der Waals surface area contributed by atoms with Crippen molar-refractivity contribution in [2.75, 3.05) is 20.3 Å². The van der Waals surface area contributed by atoms with E-state index in [1.165, 1.54) is 7.11 Å². The molecular formula is C20H28N2O5. The Kier molecular flexibility index (Phi) is 6.49. The van der Waals surface area contributed by atoms with Crippen molar-refractivity contribution in [1.29, 1.82) is 0 Å². The van der Waals surface area contributed by atoms with Crippen molar-refractivity contribution in [3.63, 3.8) is 0 Å². The van der Waals surface area contributed by atoms with Crippen molar-refractivity contribution in [3.8, 4) is 11.5 Å². The SMILES string of the molecule is C/C=C/c1ccc(OC[C@@H](O)CN2C(=O)N[C@](C)(C(C)C)C2=O)c(OC)c1. The van der Waals surface area contributed by atoms with Crippen LogP contribution in [0, 0.1) is 5.92 Å². The highest BCUT2D eigenvalue weighted by Gasteiger charge is 2.49. The van der Waals surface area contributed by atoms with E-state index in [0.29, 0.717) is 11.5 Å². The summed E-state index contributed by atoms with van der Waals surface area (Å²) < 4.78 is 11.0. The molecule has 0 saturated carbocycles. The molecule has 1 heterocycles. The van der Waals surface area contributed by atoms with Gasteiger partial charge in [-0.15, -0.1) is 0 Å². The Hall–Kier alpha value is -2.54. The summed E-state index contributed by atoms with van der Waals surface area (Å²) in [5.74, 6) is 0.622. The molecule has 148 valence electrons. The van der Waals surface area contributed by atoms with Crippen LogP contribution in [0.5, 0.6) is 11.5 Å². The fourth-order valence-electron chi connectivity index (χ4n) is 2.82. The molecule has 3 amide bonds. The topological polar surface area (TPSA) is 88.1 Å². The van der Waals surface area contributed by atoms with Crippen molar-refractivity contribution >= 4 is 18.0 Å². The van der Waals surface area contributed by atoms with E-state index in [-0.39, 0.29) is 25.0 Å². The van der Waals surface area contributed by atoms with Crippen LogP contribution in [0.4, 0.5) is 4.79 Å². The third-order valence-corrected chi connectivity index (χ3v) is 4.83. The Balaban J connectivity index is 2.00. The van der Waals surface area contributed by atoms with Crippen LogP contribution in [0.15, 0.2) is 24.3 Å². The van der Waals surface area contributed by atoms with Crippen LogP contribution in [0.25, 0.3) is 6.08 Å². The molecule has 0 spiro atoms. The number of nitrogens with one attached hydrogen (secondary N) is 1. The van der Waals surface area contributed by atoms with Gasteiger partial charge in [0.25, 0.3) is 5.91 Å². The Morgan fingerprint density at radius 2 is 2.00 bits per heavy atom. The second kappa shape index (κ2) is 8.43. The standard InChI is InChI=1S/C20H28N2O5/c1-6-7-14-8-9-16(17(10-14)26-5)27-12-15(23)11-22-18(24)20(4,13(2)3)21-19(22)25/h6-10,13,15,23H,11-12H2,1-5H3,(H,21,25)/b7-6+/t15-,20+/m0/s1. The number of ether oxygens (including phenoxy) is 2. The lowest BCUT2D eigenvalue weighted by Crippen LogP contribution is -2.49. The summed E-state index contributed by atoms with van der Waals surface area (Å²) in [6.07, 6.45) is 2.83. The molecule has 1 fully saturated rings. The highest BCUT2D eigenvalue weighted by atomic mass is 16.5. The number of amides is 3. The highest BCUT2D eigenvalue weighted by molar-refractivity contribution is 6.07. The zero-order valence-corrected chi connectivity index (χ0v) is 16.5. The number of allylic oxidation sites excluding steroid dienone is 1. The van der Waals surface area contributed by atoms with Gasteiger partial charge in [0.05, 0.1) is 13.7 Å². The van der Waals surface area contributed by atoms with Gasteiger partial charge in [-0.3, -0.25) is 9.69 Å². The average Bonchev–Trinajstić information content (AvgIpc) is 2.85. The van der Waals surface area contributed by atoms with Crippen molar-refractivity contribution in [2.45, 2.75) is 39.3 Å². The lowest BCUT2D eigenvalue weighted by Gasteiger charge is -2.26. The quantitative estimate of drug-likeness (QED) is 0.681. The Morgan fingerprint density at radius 1 is 1.30 bits per heavy atom. The predicted molar refractivity (Wildman–Crippen MR) is 103 cm³/mol. The van der Waals surface area contributed by atoms with Crippen molar-refractivity contribution in [3.05, 3.63) is 29.8 Å². The number of benzene rings is 1. The number of hydrogen-bond donors (Lipinski definition) is 2. The first-order chi connectivity index (χ1) is 12.7. The largest absolute Gasteiger partial charge is 0.493 e. The van der Waals surface area contributed by atoms with Crippen LogP contribution >= 0.6 is 0 Å². The normalized spacial score (nSPS) is 21.1. The fraction of sp³-hybridized carbons (Fsp3) is 0.500. The third kappa shape index (κ3) is 4.42. The maximum Gasteiger partial charge on any atom is 0.325 e. The number of rotatable bonds is 8. The van der Waals surface area contributed by atoms with Crippen LogP contribution in [-0.4, -0.2) is 53.8 Å². The second-order valence-electron chi connectivity index (χ2n) is 7.08. The monoisotopic (exact) mass is 376 g/mol. The molecule has 7 heteroatoms. The smallest absolute Gasteiger partial charge is 0.325 e. The van der Waals surface area contributed by atoms with Gasteiger partial charge in [-0.2, -0.15) is 0 Å². The summed E-state index contributed by atoms with van der Waals surface area (Å²) in [6, 6.07) is 4.96. The molecule has 0 aromatic heterocycles. The molecule has 0 radical (unpaired) electrons. The van der Waals surface area contributed by atoms with E-state index >= 15 is 0 Å². The Bertz CT molecular complexity index is 731.